The van der Waals surface area contributed by atoms with Crippen LogP contribution in [0, 0.1) is 0 Å². The van der Waals surface area contributed by atoms with Crippen molar-refractivity contribution in [1.29, 1.82) is 0 Å². The molecule has 1 unspecified atom stereocenters. The molecule has 2 rings (SSSR count). The van der Waals surface area contributed by atoms with Crippen LogP contribution in [0.2, 0.25) is 0 Å². The van der Waals surface area contributed by atoms with Gasteiger partial charge in [0, 0.05) is 20.2 Å². The molecule has 112 valence electrons. The van der Waals surface area contributed by atoms with Crippen LogP contribution in [0.4, 0.5) is 0 Å². The van der Waals surface area contributed by atoms with E-state index in [2.05, 4.69) is 0 Å². The van der Waals surface area contributed by atoms with E-state index in [1.807, 2.05) is 6.92 Å². The molecule has 0 radical (unpaired) electrons. The van der Waals surface area contributed by atoms with Gasteiger partial charge in [0.05, 0.1) is 10.5 Å². The van der Waals surface area contributed by atoms with E-state index in [1.165, 1.54) is 4.31 Å². The van der Waals surface area contributed by atoms with Gasteiger partial charge in [-0.3, -0.25) is 0 Å². The Balaban J connectivity index is 2.27. The topological polar surface area (TPSA) is 72.6 Å². The average molecular weight is 334 g/mol. The lowest BCUT2D eigenvalue weighted by molar-refractivity contribution is -0.0319. The van der Waals surface area contributed by atoms with Gasteiger partial charge in [0.1, 0.15) is 9.20 Å². The first-order valence-electron chi connectivity index (χ1n) is 6.23. The third-order valence-electron chi connectivity index (χ3n) is 3.54. The fraction of sp³-hybridized carbons (Fsp3) is 0.583. The molecule has 0 aromatic carbocycles. The lowest BCUT2D eigenvalue weighted by atomic mass is 9.96. The van der Waals surface area contributed by atoms with Gasteiger partial charge >= 0.3 is 0 Å². The monoisotopic (exact) mass is 334 g/mol. The maximum atomic E-state index is 12.6. The van der Waals surface area contributed by atoms with Gasteiger partial charge in [-0.25, -0.2) is 8.42 Å². The number of hydrogen-bond donors (Lipinski definition) is 1. The minimum absolute atomic E-state index is 0.219. The zero-order valence-electron chi connectivity index (χ0n) is 11.5. The molecule has 8 heteroatoms. The van der Waals surface area contributed by atoms with Crippen molar-refractivity contribution in [2.45, 2.75) is 29.6 Å². The van der Waals surface area contributed by atoms with Crippen LogP contribution in [-0.4, -0.2) is 43.5 Å². The number of hydrogen-bond acceptors (Lipinski definition) is 5. The predicted octanol–water partition coefficient (Wildman–Crippen LogP) is 1.57. The maximum Gasteiger partial charge on any atom is 0.252 e. The summed E-state index contributed by atoms with van der Waals surface area (Å²) in [7, 11) is -1.88. The Morgan fingerprint density at radius 3 is 2.80 bits per heavy atom. The smallest absolute Gasteiger partial charge is 0.252 e. The number of methoxy groups -OCH3 is 1. The Labute approximate surface area is 128 Å². The highest BCUT2D eigenvalue weighted by Crippen LogP contribution is 2.31. The van der Waals surface area contributed by atoms with Crippen LogP contribution in [0.1, 0.15) is 24.6 Å². The number of nitrogens with zero attached hydrogens (tertiary/aromatic N) is 1. The van der Waals surface area contributed by atoms with Crippen molar-refractivity contribution in [3.63, 3.8) is 0 Å². The Morgan fingerprint density at radius 1 is 1.55 bits per heavy atom. The molecule has 2 N–H and O–H groups in total. The number of rotatable bonds is 4. The van der Waals surface area contributed by atoms with E-state index in [9.17, 15) is 8.42 Å². The second-order valence-electron chi connectivity index (χ2n) is 5.08. The number of nitrogens with two attached hydrogens (primary N) is 1. The van der Waals surface area contributed by atoms with Crippen LogP contribution < -0.4 is 5.73 Å². The SMILES string of the molecule is COC1(C)CCCN(S(=O)(=O)c2ccc(C(N)=S)s2)C1. The molecule has 1 aromatic heterocycles. The van der Waals surface area contributed by atoms with Crippen LogP contribution in [0.3, 0.4) is 0 Å². The second kappa shape index (κ2) is 5.69. The van der Waals surface area contributed by atoms with Gasteiger partial charge in [-0.05, 0) is 31.9 Å². The second-order valence-corrected chi connectivity index (χ2v) is 8.77. The molecule has 1 aromatic rings. The van der Waals surface area contributed by atoms with Crippen molar-refractivity contribution in [2.24, 2.45) is 5.73 Å². The summed E-state index contributed by atoms with van der Waals surface area (Å²) in [5.41, 5.74) is 5.10. The highest BCUT2D eigenvalue weighted by Gasteiger charge is 2.37. The summed E-state index contributed by atoms with van der Waals surface area (Å²) in [4.78, 5) is 0.835. The molecular formula is C12H18N2O3S3. The molecular weight excluding hydrogens is 316 g/mol. The van der Waals surface area contributed by atoms with Gasteiger partial charge in [0.15, 0.2) is 0 Å². The normalized spacial score (nSPS) is 24.7. The van der Waals surface area contributed by atoms with Gasteiger partial charge in [0.2, 0.25) is 0 Å². The maximum absolute atomic E-state index is 12.6. The fourth-order valence-electron chi connectivity index (χ4n) is 2.25. The first kappa shape index (κ1) is 15.8. The lowest BCUT2D eigenvalue weighted by Gasteiger charge is -2.38. The Hall–Kier alpha value is -0.540. The van der Waals surface area contributed by atoms with E-state index in [4.69, 9.17) is 22.7 Å². The van der Waals surface area contributed by atoms with Gasteiger partial charge in [-0.2, -0.15) is 4.31 Å². The largest absolute Gasteiger partial charge is 0.389 e. The van der Waals surface area contributed by atoms with Gasteiger partial charge in [-0.1, -0.05) is 12.2 Å². The van der Waals surface area contributed by atoms with Gasteiger partial charge in [-0.15, -0.1) is 11.3 Å². The van der Waals surface area contributed by atoms with Gasteiger partial charge in [0.25, 0.3) is 10.0 Å². The number of thiocarbonyl (C=S) groups is 1. The Morgan fingerprint density at radius 2 is 2.25 bits per heavy atom. The van der Waals surface area contributed by atoms with Crippen molar-refractivity contribution in [2.75, 3.05) is 20.2 Å². The van der Waals surface area contributed by atoms with Crippen molar-refractivity contribution >= 4 is 38.6 Å². The zero-order valence-corrected chi connectivity index (χ0v) is 13.9. The molecule has 0 spiro atoms. The van der Waals surface area contributed by atoms with Crippen LogP contribution in [0.25, 0.3) is 0 Å². The Kier molecular flexibility index (Phi) is 4.50. The quantitative estimate of drug-likeness (QED) is 0.846. The fourth-order valence-corrected chi connectivity index (χ4v) is 5.35. The number of ether oxygens (including phenoxy) is 1. The molecule has 1 atom stereocenters. The minimum atomic E-state index is -3.50. The number of piperidine rings is 1. The van der Waals surface area contributed by atoms with E-state index < -0.39 is 15.6 Å². The zero-order chi connectivity index (χ0) is 15.0. The molecule has 0 aliphatic carbocycles. The molecule has 1 fully saturated rings. The van der Waals surface area contributed by atoms with Crippen molar-refractivity contribution in [3.8, 4) is 0 Å². The highest BCUT2D eigenvalue weighted by atomic mass is 32.2. The molecule has 1 aliphatic rings. The van der Waals surface area contributed by atoms with E-state index in [-0.39, 0.29) is 9.20 Å². The summed E-state index contributed by atoms with van der Waals surface area (Å²) in [6.45, 7) is 2.82. The average Bonchev–Trinajstić information content (AvgIpc) is 2.89. The first-order valence-corrected chi connectivity index (χ1v) is 8.90. The van der Waals surface area contributed by atoms with Crippen LogP contribution in [0.15, 0.2) is 16.3 Å². The molecule has 0 bridgehead atoms. The summed E-state index contributed by atoms with van der Waals surface area (Å²) >= 11 is 5.98. The molecule has 0 amide bonds. The van der Waals surface area contributed by atoms with Crippen molar-refractivity contribution in [3.05, 3.63) is 17.0 Å². The molecule has 20 heavy (non-hydrogen) atoms. The summed E-state index contributed by atoms with van der Waals surface area (Å²) in [6, 6.07) is 3.21. The summed E-state index contributed by atoms with van der Waals surface area (Å²) in [5, 5.41) is 0. The molecule has 1 saturated heterocycles. The van der Waals surface area contributed by atoms with Crippen LogP contribution in [-0.2, 0) is 14.8 Å². The van der Waals surface area contributed by atoms with E-state index in [0.717, 1.165) is 24.2 Å². The van der Waals surface area contributed by atoms with E-state index >= 15 is 0 Å². The molecule has 5 nitrogen and oxygen atoms in total. The van der Waals surface area contributed by atoms with Crippen LogP contribution >= 0.6 is 23.6 Å². The van der Waals surface area contributed by atoms with Gasteiger partial charge < -0.3 is 10.5 Å². The summed E-state index contributed by atoms with van der Waals surface area (Å²) in [5.74, 6) is 0. The van der Waals surface area contributed by atoms with E-state index in [1.54, 1.807) is 19.2 Å². The highest BCUT2D eigenvalue weighted by molar-refractivity contribution is 7.91. The Bertz CT molecular complexity index is 611. The van der Waals surface area contributed by atoms with Crippen LogP contribution in [0.5, 0.6) is 0 Å². The predicted molar refractivity (Wildman–Crippen MR) is 83.6 cm³/mol. The molecule has 1 aliphatic heterocycles. The number of sulfonamides is 1. The third-order valence-corrected chi connectivity index (χ3v) is 7.32. The number of thiophene rings is 1. The third kappa shape index (κ3) is 3.04. The molecule has 2 heterocycles. The van der Waals surface area contributed by atoms with Crippen molar-refractivity contribution in [1.82, 2.24) is 4.31 Å². The molecule has 0 saturated carbocycles. The standard InChI is InChI=1S/C12H18N2O3S3/c1-12(17-2)6-3-7-14(8-12)20(15,16)10-5-4-9(19-10)11(13)18/h4-5H,3,6-8H2,1-2H3,(H2,13,18). The van der Waals surface area contributed by atoms with E-state index in [0.29, 0.717) is 18.0 Å². The lowest BCUT2D eigenvalue weighted by Crippen LogP contribution is -2.49. The summed E-state index contributed by atoms with van der Waals surface area (Å²) in [6.07, 6.45) is 1.65. The van der Waals surface area contributed by atoms with Crippen molar-refractivity contribution < 1.29 is 13.2 Å². The minimum Gasteiger partial charge on any atom is -0.389 e. The first-order chi connectivity index (χ1) is 9.28. The summed E-state index contributed by atoms with van der Waals surface area (Å²) < 4.78 is 32.4.